The van der Waals surface area contributed by atoms with E-state index in [2.05, 4.69) is 23.8 Å². The van der Waals surface area contributed by atoms with E-state index in [1.165, 1.54) is 5.56 Å². The van der Waals surface area contributed by atoms with E-state index in [1.807, 2.05) is 45.0 Å². The second kappa shape index (κ2) is 7.85. The fourth-order valence-corrected chi connectivity index (χ4v) is 2.46. The van der Waals surface area contributed by atoms with Crippen LogP contribution in [-0.2, 0) is 16.1 Å². The van der Waals surface area contributed by atoms with Crippen LogP contribution in [0.1, 0.15) is 62.0 Å². The second-order valence-electron chi connectivity index (χ2n) is 7.34. The molecule has 0 bridgehead atoms. The normalized spacial score (nSPS) is 11.5. The number of aryl methyl sites for hydroxylation is 3. The monoisotopic (exact) mass is 356 g/mol. The maximum absolute atomic E-state index is 12.5. The van der Waals surface area contributed by atoms with E-state index < -0.39 is 11.6 Å². The molecule has 140 valence electrons. The molecule has 0 saturated heterocycles. The van der Waals surface area contributed by atoms with Crippen molar-refractivity contribution in [3.05, 3.63) is 52.6 Å². The third kappa shape index (κ3) is 4.81. The summed E-state index contributed by atoms with van der Waals surface area (Å²) in [7, 11) is 0. The molecule has 0 atom stereocenters. The van der Waals surface area contributed by atoms with E-state index in [9.17, 15) is 4.79 Å². The molecular formula is C21H28N2O3. The Morgan fingerprint density at radius 3 is 2.15 bits per heavy atom. The first-order valence-electron chi connectivity index (χ1n) is 8.87. The van der Waals surface area contributed by atoms with Gasteiger partial charge in [-0.15, -0.1) is 0 Å². The van der Waals surface area contributed by atoms with Gasteiger partial charge in [-0.1, -0.05) is 26.0 Å². The van der Waals surface area contributed by atoms with Crippen molar-refractivity contribution >= 4 is 5.97 Å². The lowest BCUT2D eigenvalue weighted by Gasteiger charge is -2.24. The molecule has 2 aromatic rings. The Balaban J connectivity index is 2.02. The number of carbonyl (C=O) groups is 1. The number of rotatable bonds is 6. The lowest BCUT2D eigenvalue weighted by Crippen LogP contribution is -2.39. The highest BCUT2D eigenvalue weighted by Crippen LogP contribution is 2.23. The van der Waals surface area contributed by atoms with Crippen molar-refractivity contribution in [2.75, 3.05) is 0 Å². The van der Waals surface area contributed by atoms with Crippen molar-refractivity contribution in [2.24, 2.45) is 0 Å². The SMILES string of the molecule is Cc1nc(C)c(COC(=O)C(C)(C)Oc2ccc(C(C)C)cc2)nc1C. The zero-order chi connectivity index (χ0) is 19.5. The van der Waals surface area contributed by atoms with Crippen molar-refractivity contribution in [3.63, 3.8) is 0 Å². The highest BCUT2D eigenvalue weighted by molar-refractivity contribution is 5.79. The van der Waals surface area contributed by atoms with Crippen LogP contribution in [0.15, 0.2) is 24.3 Å². The Morgan fingerprint density at radius 2 is 1.58 bits per heavy atom. The van der Waals surface area contributed by atoms with Crippen LogP contribution in [0, 0.1) is 20.8 Å². The minimum Gasteiger partial charge on any atom is -0.476 e. The average molecular weight is 356 g/mol. The molecule has 5 nitrogen and oxygen atoms in total. The number of ether oxygens (including phenoxy) is 2. The van der Waals surface area contributed by atoms with Crippen molar-refractivity contribution in [1.29, 1.82) is 0 Å². The number of nitrogens with zero attached hydrogens (tertiary/aromatic N) is 2. The Bertz CT molecular complexity index is 781. The number of carbonyl (C=O) groups excluding carboxylic acids is 1. The average Bonchev–Trinajstić information content (AvgIpc) is 2.56. The number of benzene rings is 1. The molecule has 0 radical (unpaired) electrons. The van der Waals surface area contributed by atoms with Gasteiger partial charge in [0.05, 0.1) is 22.8 Å². The van der Waals surface area contributed by atoms with Crippen LogP contribution in [0.25, 0.3) is 0 Å². The molecule has 0 fully saturated rings. The van der Waals surface area contributed by atoms with Gasteiger partial charge in [0.1, 0.15) is 12.4 Å². The Labute approximate surface area is 155 Å². The lowest BCUT2D eigenvalue weighted by molar-refractivity contribution is -0.160. The lowest BCUT2D eigenvalue weighted by atomic mass is 10.0. The van der Waals surface area contributed by atoms with Gasteiger partial charge in [-0.2, -0.15) is 0 Å². The molecule has 0 saturated carbocycles. The molecule has 1 aromatic heterocycles. The first-order chi connectivity index (χ1) is 12.1. The van der Waals surface area contributed by atoms with E-state index in [-0.39, 0.29) is 6.61 Å². The maximum Gasteiger partial charge on any atom is 0.350 e. The molecule has 1 aromatic carbocycles. The van der Waals surface area contributed by atoms with Gasteiger partial charge in [0.2, 0.25) is 0 Å². The van der Waals surface area contributed by atoms with Gasteiger partial charge in [0, 0.05) is 0 Å². The van der Waals surface area contributed by atoms with E-state index in [4.69, 9.17) is 9.47 Å². The fraction of sp³-hybridized carbons (Fsp3) is 0.476. The van der Waals surface area contributed by atoms with Gasteiger partial charge in [0.15, 0.2) is 5.60 Å². The minimum absolute atomic E-state index is 0.0812. The van der Waals surface area contributed by atoms with Gasteiger partial charge in [0.25, 0.3) is 0 Å². The van der Waals surface area contributed by atoms with Gasteiger partial charge >= 0.3 is 5.97 Å². The van der Waals surface area contributed by atoms with Crippen LogP contribution in [0.2, 0.25) is 0 Å². The van der Waals surface area contributed by atoms with E-state index in [0.29, 0.717) is 17.4 Å². The Kier molecular flexibility index (Phi) is 6.01. The van der Waals surface area contributed by atoms with Crippen LogP contribution in [0.4, 0.5) is 0 Å². The maximum atomic E-state index is 12.5. The quantitative estimate of drug-likeness (QED) is 0.717. The number of hydrogen-bond donors (Lipinski definition) is 0. The summed E-state index contributed by atoms with van der Waals surface area (Å²) in [6, 6.07) is 7.78. The third-order valence-corrected chi connectivity index (χ3v) is 4.33. The van der Waals surface area contributed by atoms with Gasteiger partial charge in [-0.3, -0.25) is 9.97 Å². The summed E-state index contributed by atoms with van der Waals surface area (Å²) in [5.41, 5.74) is 3.28. The molecule has 0 aliphatic carbocycles. The van der Waals surface area contributed by atoms with Gasteiger partial charge < -0.3 is 9.47 Å². The first-order valence-corrected chi connectivity index (χ1v) is 8.87. The zero-order valence-electron chi connectivity index (χ0n) is 16.7. The number of esters is 1. The van der Waals surface area contributed by atoms with Crippen LogP contribution < -0.4 is 4.74 Å². The molecule has 2 rings (SSSR count). The van der Waals surface area contributed by atoms with Crippen LogP contribution >= 0.6 is 0 Å². The van der Waals surface area contributed by atoms with E-state index >= 15 is 0 Å². The molecule has 5 heteroatoms. The third-order valence-electron chi connectivity index (χ3n) is 4.33. The second-order valence-corrected chi connectivity index (χ2v) is 7.34. The summed E-state index contributed by atoms with van der Waals surface area (Å²) < 4.78 is 11.3. The molecule has 0 unspecified atom stereocenters. The van der Waals surface area contributed by atoms with Crippen molar-refractivity contribution in [2.45, 2.75) is 66.6 Å². The molecule has 0 N–H and O–H groups in total. The summed E-state index contributed by atoms with van der Waals surface area (Å²) >= 11 is 0. The predicted molar refractivity (Wildman–Crippen MR) is 101 cm³/mol. The van der Waals surface area contributed by atoms with E-state index in [1.54, 1.807) is 13.8 Å². The molecule has 1 heterocycles. The number of aromatic nitrogens is 2. The van der Waals surface area contributed by atoms with Crippen LogP contribution in [0.3, 0.4) is 0 Å². The first kappa shape index (κ1) is 19.9. The molecule has 0 aliphatic heterocycles. The Hall–Kier alpha value is -2.43. The zero-order valence-corrected chi connectivity index (χ0v) is 16.7. The summed E-state index contributed by atoms with van der Waals surface area (Å²) in [5.74, 6) is 0.646. The van der Waals surface area contributed by atoms with Crippen LogP contribution in [-0.4, -0.2) is 21.5 Å². The summed E-state index contributed by atoms with van der Waals surface area (Å²) in [5, 5.41) is 0. The minimum atomic E-state index is -1.10. The standard InChI is InChI=1S/C21H28N2O3/c1-13(2)17-8-10-18(11-9-17)26-21(6,7)20(24)25-12-19-16(5)22-14(3)15(4)23-19/h8-11,13H,12H2,1-7H3. The molecule has 0 amide bonds. The van der Waals surface area contributed by atoms with E-state index in [0.717, 1.165) is 17.1 Å². The van der Waals surface area contributed by atoms with Crippen molar-refractivity contribution in [3.8, 4) is 5.75 Å². The van der Waals surface area contributed by atoms with Gasteiger partial charge in [-0.05, 0) is 58.2 Å². The predicted octanol–water partition coefficient (Wildman–Crippen LogP) is 4.43. The van der Waals surface area contributed by atoms with Crippen LogP contribution in [0.5, 0.6) is 5.75 Å². The fourth-order valence-electron chi connectivity index (χ4n) is 2.46. The molecule has 26 heavy (non-hydrogen) atoms. The smallest absolute Gasteiger partial charge is 0.350 e. The highest BCUT2D eigenvalue weighted by Gasteiger charge is 2.32. The highest BCUT2D eigenvalue weighted by atomic mass is 16.6. The molecule has 0 aliphatic rings. The summed E-state index contributed by atoms with van der Waals surface area (Å²) in [6.45, 7) is 13.4. The van der Waals surface area contributed by atoms with Gasteiger partial charge in [-0.25, -0.2) is 4.79 Å². The van der Waals surface area contributed by atoms with Crippen molar-refractivity contribution < 1.29 is 14.3 Å². The topological polar surface area (TPSA) is 61.3 Å². The molecular weight excluding hydrogens is 328 g/mol. The largest absolute Gasteiger partial charge is 0.476 e. The Morgan fingerprint density at radius 1 is 1.00 bits per heavy atom. The number of hydrogen-bond acceptors (Lipinski definition) is 5. The van der Waals surface area contributed by atoms with Crippen molar-refractivity contribution in [1.82, 2.24) is 9.97 Å². The summed E-state index contributed by atoms with van der Waals surface area (Å²) in [6.07, 6.45) is 0. The summed E-state index contributed by atoms with van der Waals surface area (Å²) in [4.78, 5) is 21.4. The molecule has 0 spiro atoms.